The van der Waals surface area contributed by atoms with E-state index in [2.05, 4.69) is 5.32 Å². The molecule has 1 aromatic rings. The summed E-state index contributed by atoms with van der Waals surface area (Å²) in [4.78, 5) is 11.9. The maximum Gasteiger partial charge on any atom is 0.226 e. The summed E-state index contributed by atoms with van der Waals surface area (Å²) >= 11 is 0. The molecule has 0 aliphatic heterocycles. The highest BCUT2D eigenvalue weighted by Crippen LogP contribution is 2.29. The number of nitrogens with two attached hydrogens (primary N) is 1. The Labute approximate surface area is 107 Å². The van der Waals surface area contributed by atoms with E-state index in [-0.39, 0.29) is 18.0 Å². The molecule has 1 aromatic carbocycles. The van der Waals surface area contributed by atoms with Gasteiger partial charge in [-0.2, -0.15) is 0 Å². The van der Waals surface area contributed by atoms with Gasteiger partial charge < -0.3 is 11.1 Å². The van der Waals surface area contributed by atoms with E-state index in [0.29, 0.717) is 0 Å². The number of nitrogens with one attached hydrogen (secondary N) is 1. The van der Waals surface area contributed by atoms with Gasteiger partial charge >= 0.3 is 0 Å². The predicted octanol–water partition coefficient (Wildman–Crippen LogP) is 2.82. The third-order valence-electron chi connectivity index (χ3n) is 3.51. The van der Waals surface area contributed by atoms with E-state index in [0.717, 1.165) is 25.7 Å². The Hall–Kier alpha value is -1.42. The molecule has 0 bridgehead atoms. The van der Waals surface area contributed by atoms with E-state index in [1.54, 1.807) is 18.2 Å². The minimum atomic E-state index is -0.416. The summed E-state index contributed by atoms with van der Waals surface area (Å²) in [7, 11) is 0. The van der Waals surface area contributed by atoms with Crippen molar-refractivity contribution < 1.29 is 9.18 Å². The van der Waals surface area contributed by atoms with Crippen LogP contribution in [0.15, 0.2) is 24.3 Å². The summed E-state index contributed by atoms with van der Waals surface area (Å²) in [6, 6.07) is 6.17. The quantitative estimate of drug-likeness (QED) is 0.866. The zero-order chi connectivity index (χ0) is 13.0. The first kappa shape index (κ1) is 13.0. The van der Waals surface area contributed by atoms with Crippen LogP contribution in [0, 0.1) is 5.82 Å². The molecule has 0 saturated heterocycles. The molecule has 1 saturated carbocycles. The average molecular weight is 250 g/mol. The fourth-order valence-electron chi connectivity index (χ4n) is 2.51. The third-order valence-corrected chi connectivity index (χ3v) is 3.51. The second-order valence-electron chi connectivity index (χ2n) is 5.13. The molecule has 1 amide bonds. The summed E-state index contributed by atoms with van der Waals surface area (Å²) in [5.74, 6) is -0.620. The van der Waals surface area contributed by atoms with Crippen LogP contribution in [-0.4, -0.2) is 11.4 Å². The first-order chi connectivity index (χ1) is 8.59. The molecule has 1 aliphatic rings. The van der Waals surface area contributed by atoms with Gasteiger partial charge in [-0.05, 0) is 25.0 Å². The summed E-state index contributed by atoms with van der Waals surface area (Å²) in [5, 5.41) is 2.59. The van der Waals surface area contributed by atoms with E-state index >= 15 is 0 Å². The van der Waals surface area contributed by atoms with Crippen molar-refractivity contribution in [1.29, 1.82) is 0 Å². The van der Waals surface area contributed by atoms with Crippen molar-refractivity contribution in [2.75, 3.05) is 5.32 Å². The van der Waals surface area contributed by atoms with Crippen molar-refractivity contribution in [2.24, 2.45) is 5.73 Å². The van der Waals surface area contributed by atoms with Crippen LogP contribution in [0.25, 0.3) is 0 Å². The zero-order valence-corrected chi connectivity index (χ0v) is 10.4. The Bertz CT molecular complexity index is 428. The molecular formula is C14H19FN2O. The average Bonchev–Trinajstić information content (AvgIpc) is 2.32. The molecular weight excluding hydrogens is 231 g/mol. The number of rotatable bonds is 3. The highest BCUT2D eigenvalue weighted by molar-refractivity contribution is 5.91. The van der Waals surface area contributed by atoms with Crippen molar-refractivity contribution in [1.82, 2.24) is 0 Å². The van der Waals surface area contributed by atoms with Crippen molar-refractivity contribution in [3.63, 3.8) is 0 Å². The lowest BCUT2D eigenvalue weighted by atomic mass is 9.80. The summed E-state index contributed by atoms with van der Waals surface area (Å²) in [6.45, 7) is 0. The number of hydrogen-bond donors (Lipinski definition) is 2. The van der Waals surface area contributed by atoms with E-state index in [9.17, 15) is 9.18 Å². The minimum absolute atomic E-state index is 0.204. The first-order valence-electron chi connectivity index (χ1n) is 6.42. The Kier molecular flexibility index (Phi) is 3.97. The van der Waals surface area contributed by atoms with Crippen molar-refractivity contribution >= 4 is 11.6 Å². The van der Waals surface area contributed by atoms with Gasteiger partial charge in [-0.25, -0.2) is 4.39 Å². The number of benzene rings is 1. The summed E-state index contributed by atoms with van der Waals surface area (Å²) in [5.41, 5.74) is 6.01. The van der Waals surface area contributed by atoms with Crippen molar-refractivity contribution in [2.45, 2.75) is 44.1 Å². The SMILES string of the molecule is NC1(CC(=O)Nc2ccccc2F)CCCCC1. The number of halogens is 1. The number of carbonyl (C=O) groups is 1. The van der Waals surface area contributed by atoms with Gasteiger partial charge in [0.1, 0.15) is 5.82 Å². The number of para-hydroxylation sites is 1. The van der Waals surface area contributed by atoms with Crippen LogP contribution in [0.5, 0.6) is 0 Å². The van der Waals surface area contributed by atoms with E-state index in [1.807, 2.05) is 0 Å². The molecule has 18 heavy (non-hydrogen) atoms. The molecule has 4 heteroatoms. The molecule has 0 radical (unpaired) electrons. The molecule has 3 nitrogen and oxygen atoms in total. The molecule has 0 unspecified atom stereocenters. The van der Waals surface area contributed by atoms with Gasteiger partial charge in [-0.1, -0.05) is 31.4 Å². The molecule has 0 spiro atoms. The highest BCUT2D eigenvalue weighted by Gasteiger charge is 2.30. The Balaban J connectivity index is 1.94. The van der Waals surface area contributed by atoms with Gasteiger partial charge in [0.25, 0.3) is 0 Å². The van der Waals surface area contributed by atoms with Crippen LogP contribution in [0.3, 0.4) is 0 Å². The van der Waals surface area contributed by atoms with E-state index in [4.69, 9.17) is 5.73 Å². The lowest BCUT2D eigenvalue weighted by Crippen LogP contribution is -2.44. The molecule has 3 N–H and O–H groups in total. The van der Waals surface area contributed by atoms with Crippen LogP contribution in [-0.2, 0) is 4.79 Å². The molecule has 2 rings (SSSR count). The van der Waals surface area contributed by atoms with Crippen LogP contribution in [0.1, 0.15) is 38.5 Å². The third kappa shape index (κ3) is 3.29. The summed E-state index contributed by atoms with van der Waals surface area (Å²) < 4.78 is 13.4. The second-order valence-corrected chi connectivity index (χ2v) is 5.13. The van der Waals surface area contributed by atoms with E-state index < -0.39 is 11.4 Å². The smallest absolute Gasteiger partial charge is 0.226 e. The van der Waals surface area contributed by atoms with E-state index in [1.165, 1.54) is 12.5 Å². The van der Waals surface area contributed by atoms with Crippen LogP contribution in [0.2, 0.25) is 0 Å². The van der Waals surface area contributed by atoms with Crippen molar-refractivity contribution in [3.8, 4) is 0 Å². The number of hydrogen-bond acceptors (Lipinski definition) is 2. The van der Waals surface area contributed by atoms with Crippen LogP contribution < -0.4 is 11.1 Å². The zero-order valence-electron chi connectivity index (χ0n) is 10.4. The highest BCUT2D eigenvalue weighted by atomic mass is 19.1. The van der Waals surface area contributed by atoms with Gasteiger partial charge in [0.2, 0.25) is 5.91 Å². The Morgan fingerprint density at radius 1 is 1.28 bits per heavy atom. The monoisotopic (exact) mass is 250 g/mol. The molecule has 1 aliphatic carbocycles. The van der Waals surface area contributed by atoms with Crippen LogP contribution >= 0.6 is 0 Å². The molecule has 0 aromatic heterocycles. The van der Waals surface area contributed by atoms with Gasteiger partial charge in [0.15, 0.2) is 0 Å². The largest absolute Gasteiger partial charge is 0.325 e. The van der Waals surface area contributed by atoms with Crippen LogP contribution in [0.4, 0.5) is 10.1 Å². The Morgan fingerprint density at radius 3 is 2.61 bits per heavy atom. The van der Waals surface area contributed by atoms with Gasteiger partial charge in [-0.15, -0.1) is 0 Å². The normalized spacial score (nSPS) is 18.3. The lowest BCUT2D eigenvalue weighted by molar-refractivity contribution is -0.117. The topological polar surface area (TPSA) is 55.1 Å². The van der Waals surface area contributed by atoms with Gasteiger partial charge in [0, 0.05) is 12.0 Å². The lowest BCUT2D eigenvalue weighted by Gasteiger charge is -2.32. The standard InChI is InChI=1S/C14H19FN2O/c15-11-6-2-3-7-12(11)17-13(18)10-14(16)8-4-1-5-9-14/h2-3,6-7H,1,4-5,8-10,16H2,(H,17,18). The maximum atomic E-state index is 13.4. The molecule has 0 heterocycles. The second kappa shape index (κ2) is 5.48. The van der Waals surface area contributed by atoms with Crippen molar-refractivity contribution in [3.05, 3.63) is 30.1 Å². The van der Waals surface area contributed by atoms with Gasteiger partial charge in [0.05, 0.1) is 5.69 Å². The molecule has 0 atom stereocenters. The molecule has 1 fully saturated rings. The fraction of sp³-hybridized carbons (Fsp3) is 0.500. The minimum Gasteiger partial charge on any atom is -0.325 e. The van der Waals surface area contributed by atoms with Gasteiger partial charge in [-0.3, -0.25) is 4.79 Å². The fourth-order valence-corrected chi connectivity index (χ4v) is 2.51. The summed E-state index contributed by atoms with van der Waals surface area (Å²) in [6.07, 6.45) is 5.34. The number of carbonyl (C=O) groups excluding carboxylic acids is 1. The predicted molar refractivity (Wildman–Crippen MR) is 69.7 cm³/mol. The first-order valence-corrected chi connectivity index (χ1v) is 6.42. The Morgan fingerprint density at radius 2 is 1.94 bits per heavy atom. The molecule has 98 valence electrons. The number of anilines is 1. The number of amides is 1. The maximum absolute atomic E-state index is 13.4.